The number of nitrogens with one attached hydrogen (secondary N) is 1. The lowest BCUT2D eigenvalue weighted by Gasteiger charge is -2.07. The second kappa shape index (κ2) is 4.48. The summed E-state index contributed by atoms with van der Waals surface area (Å²) in [6.45, 7) is 3.56. The zero-order chi connectivity index (χ0) is 8.97. The summed E-state index contributed by atoms with van der Waals surface area (Å²) in [6.07, 6.45) is 0. The van der Waals surface area contributed by atoms with Crippen molar-refractivity contribution >= 4 is 21.6 Å². The van der Waals surface area contributed by atoms with Gasteiger partial charge in [-0.25, -0.2) is 0 Å². The van der Waals surface area contributed by atoms with Crippen LogP contribution in [0.5, 0.6) is 0 Å². The van der Waals surface area contributed by atoms with Gasteiger partial charge in [-0.15, -0.1) is 0 Å². The Hall–Kier alpha value is -0.540. The van der Waals surface area contributed by atoms with Crippen molar-refractivity contribution in [2.45, 2.75) is 6.92 Å². The normalized spacial score (nSPS) is 9.92. The molecule has 1 rings (SSSR count). The van der Waals surface area contributed by atoms with Crippen LogP contribution in [0.2, 0.25) is 0 Å². The third-order valence-corrected chi connectivity index (χ3v) is 2.14. The number of rotatable bonds is 3. The molecule has 2 nitrogen and oxygen atoms in total. The van der Waals surface area contributed by atoms with E-state index in [9.17, 15) is 0 Å². The highest BCUT2D eigenvalue weighted by atomic mass is 79.9. The van der Waals surface area contributed by atoms with Crippen LogP contribution in [0.15, 0.2) is 22.7 Å². The molecule has 12 heavy (non-hydrogen) atoms. The van der Waals surface area contributed by atoms with Crippen molar-refractivity contribution in [1.29, 1.82) is 0 Å². The highest BCUT2D eigenvalue weighted by molar-refractivity contribution is 9.10. The first-order valence-electron chi connectivity index (χ1n) is 3.94. The highest BCUT2D eigenvalue weighted by Gasteiger charge is 1.96. The predicted octanol–water partition coefficient (Wildman–Crippen LogP) is 2.13. The Morgan fingerprint density at radius 3 is 2.83 bits per heavy atom. The van der Waals surface area contributed by atoms with Crippen LogP contribution in [0.3, 0.4) is 0 Å². The molecule has 1 aromatic rings. The number of hydrogen-bond donors (Lipinski definition) is 2. The monoisotopic (exact) mass is 228 g/mol. The molecular weight excluding hydrogens is 216 g/mol. The maximum atomic E-state index is 5.38. The molecule has 0 atom stereocenters. The molecule has 3 N–H and O–H groups in total. The number of benzene rings is 1. The fourth-order valence-corrected chi connectivity index (χ4v) is 1.51. The van der Waals surface area contributed by atoms with E-state index in [2.05, 4.69) is 40.3 Å². The molecule has 0 aliphatic carbocycles. The first-order chi connectivity index (χ1) is 5.74. The third kappa shape index (κ3) is 2.50. The summed E-state index contributed by atoms with van der Waals surface area (Å²) in [4.78, 5) is 0. The summed E-state index contributed by atoms with van der Waals surface area (Å²) >= 11 is 3.41. The van der Waals surface area contributed by atoms with Crippen molar-refractivity contribution in [3.05, 3.63) is 28.2 Å². The van der Waals surface area contributed by atoms with Crippen LogP contribution in [0, 0.1) is 6.92 Å². The van der Waals surface area contributed by atoms with E-state index in [-0.39, 0.29) is 0 Å². The molecule has 1 aromatic carbocycles. The number of aryl methyl sites for hydroxylation is 1. The standard InChI is InChI=1S/C9H13BrN2/c1-7-6-8(10)2-3-9(7)12-5-4-11/h2-3,6,12H,4-5,11H2,1H3. The first-order valence-corrected chi connectivity index (χ1v) is 4.73. The van der Waals surface area contributed by atoms with Gasteiger partial charge in [0.2, 0.25) is 0 Å². The number of anilines is 1. The lowest BCUT2D eigenvalue weighted by atomic mass is 10.2. The molecule has 0 fully saturated rings. The third-order valence-electron chi connectivity index (χ3n) is 1.65. The van der Waals surface area contributed by atoms with Crippen LogP contribution < -0.4 is 11.1 Å². The molecule has 0 spiro atoms. The van der Waals surface area contributed by atoms with E-state index >= 15 is 0 Å². The molecule has 0 aliphatic heterocycles. The number of hydrogen-bond acceptors (Lipinski definition) is 2. The molecule has 3 heteroatoms. The number of halogens is 1. The SMILES string of the molecule is Cc1cc(Br)ccc1NCCN. The fraction of sp³-hybridized carbons (Fsp3) is 0.333. The summed E-state index contributed by atoms with van der Waals surface area (Å²) in [5, 5.41) is 3.24. The van der Waals surface area contributed by atoms with Crippen LogP contribution in [0.25, 0.3) is 0 Å². The molecule has 0 aliphatic rings. The van der Waals surface area contributed by atoms with Crippen LogP contribution in [-0.2, 0) is 0 Å². The molecule has 0 bridgehead atoms. The molecular formula is C9H13BrN2. The largest absolute Gasteiger partial charge is 0.384 e. The molecule has 0 unspecified atom stereocenters. The van der Waals surface area contributed by atoms with Crippen LogP contribution >= 0.6 is 15.9 Å². The Kier molecular flexibility index (Phi) is 3.56. The van der Waals surface area contributed by atoms with Gasteiger partial charge < -0.3 is 11.1 Å². The first kappa shape index (κ1) is 9.55. The van der Waals surface area contributed by atoms with Crippen molar-refractivity contribution in [1.82, 2.24) is 0 Å². The summed E-state index contributed by atoms with van der Waals surface area (Å²) < 4.78 is 1.11. The van der Waals surface area contributed by atoms with Gasteiger partial charge in [-0.05, 0) is 30.7 Å². The van der Waals surface area contributed by atoms with Crippen LogP contribution in [0.1, 0.15) is 5.56 Å². The van der Waals surface area contributed by atoms with Gasteiger partial charge in [-0.3, -0.25) is 0 Å². The maximum Gasteiger partial charge on any atom is 0.0371 e. The maximum absolute atomic E-state index is 5.38. The van der Waals surface area contributed by atoms with Crippen molar-refractivity contribution in [2.24, 2.45) is 5.73 Å². The van der Waals surface area contributed by atoms with E-state index in [1.807, 2.05) is 6.07 Å². The van der Waals surface area contributed by atoms with Crippen LogP contribution in [0.4, 0.5) is 5.69 Å². The quantitative estimate of drug-likeness (QED) is 0.833. The number of nitrogens with two attached hydrogens (primary N) is 1. The average molecular weight is 229 g/mol. The molecule has 0 saturated heterocycles. The van der Waals surface area contributed by atoms with E-state index in [4.69, 9.17) is 5.73 Å². The Bertz CT molecular complexity index is 261. The Morgan fingerprint density at radius 1 is 1.50 bits per heavy atom. The van der Waals surface area contributed by atoms with E-state index in [1.165, 1.54) is 5.56 Å². The van der Waals surface area contributed by atoms with Gasteiger partial charge in [0.05, 0.1) is 0 Å². The Morgan fingerprint density at radius 2 is 2.25 bits per heavy atom. The van der Waals surface area contributed by atoms with Crippen molar-refractivity contribution < 1.29 is 0 Å². The predicted molar refractivity (Wildman–Crippen MR) is 56.4 cm³/mol. The molecule has 0 saturated carbocycles. The van der Waals surface area contributed by atoms with Crippen molar-refractivity contribution in [3.8, 4) is 0 Å². The van der Waals surface area contributed by atoms with Gasteiger partial charge in [0, 0.05) is 23.2 Å². The van der Waals surface area contributed by atoms with Crippen molar-refractivity contribution in [2.75, 3.05) is 18.4 Å². The van der Waals surface area contributed by atoms with Gasteiger partial charge >= 0.3 is 0 Å². The lowest BCUT2D eigenvalue weighted by molar-refractivity contribution is 1.02. The lowest BCUT2D eigenvalue weighted by Crippen LogP contribution is -2.13. The molecule has 0 aromatic heterocycles. The van der Waals surface area contributed by atoms with Gasteiger partial charge in [-0.2, -0.15) is 0 Å². The topological polar surface area (TPSA) is 38.0 Å². The van der Waals surface area contributed by atoms with E-state index in [1.54, 1.807) is 0 Å². The zero-order valence-corrected chi connectivity index (χ0v) is 8.69. The summed E-state index contributed by atoms with van der Waals surface area (Å²) in [7, 11) is 0. The van der Waals surface area contributed by atoms with Gasteiger partial charge in [0.25, 0.3) is 0 Å². The smallest absolute Gasteiger partial charge is 0.0371 e. The highest BCUT2D eigenvalue weighted by Crippen LogP contribution is 2.19. The van der Waals surface area contributed by atoms with Gasteiger partial charge in [0.1, 0.15) is 0 Å². The van der Waals surface area contributed by atoms with Gasteiger partial charge in [-0.1, -0.05) is 15.9 Å². The minimum atomic E-state index is 0.662. The molecule has 0 radical (unpaired) electrons. The van der Waals surface area contributed by atoms with Gasteiger partial charge in [0.15, 0.2) is 0 Å². The Balaban J connectivity index is 2.72. The zero-order valence-electron chi connectivity index (χ0n) is 7.10. The van der Waals surface area contributed by atoms with Crippen LogP contribution in [-0.4, -0.2) is 13.1 Å². The van der Waals surface area contributed by atoms with E-state index < -0.39 is 0 Å². The fourth-order valence-electron chi connectivity index (χ4n) is 1.03. The summed E-state index contributed by atoms with van der Waals surface area (Å²) in [5.74, 6) is 0. The van der Waals surface area contributed by atoms with Crippen molar-refractivity contribution in [3.63, 3.8) is 0 Å². The molecule has 0 heterocycles. The average Bonchev–Trinajstić information content (AvgIpc) is 2.03. The second-order valence-electron chi connectivity index (χ2n) is 2.67. The minimum Gasteiger partial charge on any atom is -0.384 e. The van der Waals surface area contributed by atoms with E-state index in [0.717, 1.165) is 16.7 Å². The molecule has 0 amide bonds. The minimum absolute atomic E-state index is 0.662. The van der Waals surface area contributed by atoms with E-state index in [0.29, 0.717) is 6.54 Å². The summed E-state index contributed by atoms with van der Waals surface area (Å²) in [6, 6.07) is 6.15. The summed E-state index contributed by atoms with van der Waals surface area (Å²) in [5.41, 5.74) is 7.77. The molecule has 66 valence electrons. The second-order valence-corrected chi connectivity index (χ2v) is 3.59. The Labute approximate surface area is 81.3 Å².